The van der Waals surface area contributed by atoms with Crippen molar-refractivity contribution in [1.29, 1.82) is 0 Å². The van der Waals surface area contributed by atoms with Gasteiger partial charge in [0.1, 0.15) is 22.5 Å². The Balaban J connectivity index is -0.000000428. The maximum absolute atomic E-state index is 12.3. The number of ketones is 1. The van der Waals surface area contributed by atoms with Gasteiger partial charge in [0.05, 0.1) is 62.1 Å². The number of alkyl halides is 1. The van der Waals surface area contributed by atoms with E-state index in [1.54, 1.807) is 64.1 Å². The van der Waals surface area contributed by atoms with Crippen LogP contribution in [0.1, 0.15) is 39.0 Å². The molecule has 2 radical (unpaired) electrons. The number of imidazole rings is 1. The van der Waals surface area contributed by atoms with Gasteiger partial charge in [0.25, 0.3) is 6.47 Å². The summed E-state index contributed by atoms with van der Waals surface area (Å²) in [6.45, 7) is 6.45. The molecule has 24 heteroatoms. The molecule has 0 bridgehead atoms. The number of carbonyl (C=O) groups excluding carboxylic acids is 4. The van der Waals surface area contributed by atoms with Crippen LogP contribution in [0.4, 0.5) is 5.69 Å². The Kier molecular flexibility index (Phi) is 38.5. The average Bonchev–Trinajstić information content (AvgIpc) is 3.67. The summed E-state index contributed by atoms with van der Waals surface area (Å²) in [6.07, 6.45) is 1.81. The summed E-state index contributed by atoms with van der Waals surface area (Å²) in [5.74, 6) is -0.195. The van der Waals surface area contributed by atoms with Gasteiger partial charge in [0.15, 0.2) is 5.78 Å². The van der Waals surface area contributed by atoms with E-state index in [0.29, 0.717) is 48.6 Å². The van der Waals surface area contributed by atoms with Crippen molar-refractivity contribution in [2.24, 2.45) is 16.1 Å². The van der Waals surface area contributed by atoms with Crippen molar-refractivity contribution in [2.75, 3.05) is 19.5 Å². The molecule has 0 spiro atoms. The molecule has 1 heterocycles. The molecule has 5 aromatic rings. The second-order valence-corrected chi connectivity index (χ2v) is 17.0. The van der Waals surface area contributed by atoms with Crippen molar-refractivity contribution >= 4 is 130 Å². The SMILES string of the molecule is COC(=O)C(C)(C)C(=O)CBr.COC(=O)C(C)(C)c1cn(-c2ccc(Br)cc2)c(-c2c(Cl)cccc2Cl)n1.NC(=Nc1ccc(Br)cc1)c1c(Cl)cccc1Cl.O.O.O=CO[O-].[Na+].[Pr].[Pr]. The van der Waals surface area contributed by atoms with Crippen LogP contribution in [0, 0.1) is 88.0 Å². The number of halogens is 7. The summed E-state index contributed by atoms with van der Waals surface area (Å²) >= 11 is 34.8. The summed E-state index contributed by atoms with van der Waals surface area (Å²) in [5, 5.41) is 10.5. The first-order chi connectivity index (χ1) is 28.2. The van der Waals surface area contributed by atoms with Gasteiger partial charge in [-0.1, -0.05) is 106 Å². The number of benzene rings is 4. The zero-order chi connectivity index (χ0) is 45.4. The second kappa shape index (κ2) is 35.0. The van der Waals surface area contributed by atoms with Crippen molar-refractivity contribution in [3.05, 3.63) is 131 Å². The van der Waals surface area contributed by atoms with Crippen LogP contribution in [-0.4, -0.2) is 70.1 Å². The van der Waals surface area contributed by atoms with Crippen LogP contribution >= 0.6 is 94.2 Å². The summed E-state index contributed by atoms with van der Waals surface area (Å²) in [5.41, 5.74) is 7.31. The molecule has 0 saturated heterocycles. The van der Waals surface area contributed by atoms with Gasteiger partial charge in [-0.05, 0) is 100 Å². The molecule has 0 atom stereocenters. The number of hydrogen-bond acceptors (Lipinski definition) is 10. The zero-order valence-corrected chi connectivity index (χ0v) is 53.1. The molecule has 4 aromatic carbocycles. The van der Waals surface area contributed by atoms with E-state index in [1.807, 2.05) is 59.3 Å². The first-order valence-electron chi connectivity index (χ1n) is 17.0. The molecule has 6 N–H and O–H groups in total. The topological polar surface area (TPSA) is 238 Å². The first-order valence-corrected chi connectivity index (χ1v) is 21.3. The monoisotopic (exact) mass is 1430 g/mol. The number of esters is 2. The number of hydrogen-bond donors (Lipinski definition) is 1. The maximum Gasteiger partial charge on any atom is 1.00 e. The molecule has 0 fully saturated rings. The normalized spacial score (nSPS) is 10.2. The maximum atomic E-state index is 12.3. The van der Waals surface area contributed by atoms with E-state index in [1.165, 1.54) is 14.2 Å². The number of nitrogens with two attached hydrogens (primary N) is 1. The van der Waals surface area contributed by atoms with Crippen LogP contribution in [0.25, 0.3) is 17.1 Å². The van der Waals surface area contributed by atoms with Gasteiger partial charge in [-0.3, -0.25) is 23.7 Å². The van der Waals surface area contributed by atoms with Gasteiger partial charge in [-0.25, -0.2) is 9.98 Å². The second-order valence-electron chi connectivity index (χ2n) is 12.9. The van der Waals surface area contributed by atoms with Crippen LogP contribution in [0.3, 0.4) is 0 Å². The molecule has 0 aliphatic carbocycles. The van der Waals surface area contributed by atoms with E-state index in [4.69, 9.17) is 71.9 Å². The summed E-state index contributed by atoms with van der Waals surface area (Å²) < 4.78 is 13.2. The van der Waals surface area contributed by atoms with Crippen molar-refractivity contribution < 1.29 is 162 Å². The molecule has 342 valence electrons. The molecule has 0 unspecified atom stereocenters. The van der Waals surface area contributed by atoms with Gasteiger partial charge in [-0.15, -0.1) is 0 Å². The minimum absolute atomic E-state index is 0. The number of rotatable bonds is 10. The number of nitrogens with zero attached hydrogens (tertiary/aromatic N) is 3. The molecule has 1 aromatic heterocycles. The minimum Gasteiger partial charge on any atom is -0.662 e. The number of ether oxygens (including phenoxy) is 2. The van der Waals surface area contributed by atoms with Gasteiger partial charge < -0.3 is 36.3 Å². The molecular weight excluding hydrogens is 1390 g/mol. The Bertz CT molecular complexity index is 2260. The Morgan fingerprint density at radius 2 is 1.20 bits per heavy atom. The van der Waals surface area contributed by atoms with Crippen LogP contribution in [-0.2, 0) is 39.0 Å². The molecule has 0 aliphatic heterocycles. The molecule has 0 aliphatic rings. The number of aromatic nitrogens is 2. The third-order valence-corrected chi connectivity index (χ3v) is 11.0. The molecule has 65 heavy (non-hydrogen) atoms. The van der Waals surface area contributed by atoms with Crippen LogP contribution in [0.15, 0.2) is 105 Å². The molecule has 0 saturated carbocycles. The smallest absolute Gasteiger partial charge is 0.662 e. The van der Waals surface area contributed by atoms with E-state index in [-0.39, 0.29) is 147 Å². The molecule has 0 amide bonds. The zero-order valence-electron chi connectivity index (χ0n) is 35.9. The fourth-order valence-electron chi connectivity index (χ4n) is 4.72. The fraction of sp³-hybridized carbons (Fsp3) is 0.220. The predicted octanol–water partition coefficient (Wildman–Crippen LogP) is 5.79. The van der Waals surface area contributed by atoms with Gasteiger partial charge >= 0.3 is 41.5 Å². The number of carbonyl (C=O) groups is 4. The van der Waals surface area contributed by atoms with Crippen LogP contribution < -0.4 is 40.5 Å². The minimum atomic E-state index is -1.03. The van der Waals surface area contributed by atoms with Crippen molar-refractivity contribution in [2.45, 2.75) is 33.1 Å². The van der Waals surface area contributed by atoms with Crippen LogP contribution in [0.5, 0.6) is 0 Å². The summed E-state index contributed by atoms with van der Waals surface area (Å²) in [6, 6.07) is 25.7. The number of aliphatic imine (C=N–C) groups is 1. The Morgan fingerprint density at radius 1 is 0.785 bits per heavy atom. The molecule has 14 nitrogen and oxygen atoms in total. The van der Waals surface area contributed by atoms with Crippen LogP contribution in [0.2, 0.25) is 20.1 Å². The van der Waals surface area contributed by atoms with Gasteiger partial charge in [-0.2, -0.15) is 0 Å². The van der Waals surface area contributed by atoms with E-state index < -0.39 is 16.8 Å². The standard InChI is InChI=1S/C20H17BrCl2N2O2.C13H9BrCl2N2.C7H11BrO3.CH2O3.Na.2H2O.2Pr/c1-20(2,19(26)27-3)16-11-25(13-9-7-12(21)8-10-13)18(24-16)17-14(22)5-4-6-15(17)23;14-8-4-6-9(7-5-8)18-13(17)12-10(15)2-1-3-11(12)16;1-7(2,5(9)4-8)6(10)11-3;2-1-4-3;;;;;/h4-11H,1-3H3;1-7H,(H2,17,18);4H2,1-3H3;1,3H;;2*1H2;;/q;;;;+1;;;;/p-1. The molecular formula is C41H42Br3Cl4N4NaO10Pr2. The van der Waals surface area contributed by atoms with Crippen molar-refractivity contribution in [3.8, 4) is 17.1 Å². The van der Waals surface area contributed by atoms with E-state index in [0.717, 1.165) is 20.3 Å². The Hall–Kier alpha value is -0.153. The number of amidine groups is 1. The Morgan fingerprint density at radius 3 is 1.60 bits per heavy atom. The third kappa shape index (κ3) is 21.4. The third-order valence-electron chi connectivity index (χ3n) is 8.18. The fourth-order valence-corrected chi connectivity index (χ4v) is 7.10. The predicted molar refractivity (Wildman–Crippen MR) is 252 cm³/mol. The van der Waals surface area contributed by atoms with E-state index >= 15 is 0 Å². The largest absolute Gasteiger partial charge is 1.00 e. The summed E-state index contributed by atoms with van der Waals surface area (Å²) in [4.78, 5) is 54.6. The van der Waals surface area contributed by atoms with Gasteiger partial charge in [0, 0.05) is 103 Å². The Labute approximate surface area is 510 Å². The van der Waals surface area contributed by atoms with E-state index in [9.17, 15) is 14.4 Å². The quantitative estimate of drug-likeness (QED) is 0.0203. The number of methoxy groups -OCH3 is 2. The van der Waals surface area contributed by atoms with Crippen molar-refractivity contribution in [1.82, 2.24) is 9.55 Å². The first kappa shape index (κ1) is 71.4. The van der Waals surface area contributed by atoms with E-state index in [2.05, 4.69) is 62.4 Å². The molecule has 5 rings (SSSR count). The summed E-state index contributed by atoms with van der Waals surface area (Å²) in [7, 11) is 2.63. The average molecular weight is 1440 g/mol. The van der Waals surface area contributed by atoms with Crippen molar-refractivity contribution in [3.63, 3.8) is 0 Å². The van der Waals surface area contributed by atoms with Gasteiger partial charge in [0.2, 0.25) is 0 Å². The number of Topliss-reactive ketones (excluding diaryl/α,β-unsaturated/α-hetero) is 1.